The summed E-state index contributed by atoms with van der Waals surface area (Å²) >= 11 is 0. The number of carboxylic acid groups (broad SMARTS) is 1. The summed E-state index contributed by atoms with van der Waals surface area (Å²) in [6, 6.07) is 8.74. The largest absolute Gasteiger partial charge is 0.493 e. The van der Waals surface area contributed by atoms with Crippen molar-refractivity contribution in [3.05, 3.63) is 65.2 Å². The zero-order valence-corrected chi connectivity index (χ0v) is 16.6. The number of hydrogen-bond acceptors (Lipinski definition) is 6. The van der Waals surface area contributed by atoms with Gasteiger partial charge in [0.15, 0.2) is 18.1 Å². The van der Waals surface area contributed by atoms with Gasteiger partial charge in [0.2, 0.25) is 0 Å². The summed E-state index contributed by atoms with van der Waals surface area (Å²) in [4.78, 5) is 27.2. The first-order valence-corrected chi connectivity index (χ1v) is 8.79. The van der Waals surface area contributed by atoms with E-state index in [0.29, 0.717) is 34.7 Å². The first-order valence-electron chi connectivity index (χ1n) is 8.79. The monoisotopic (exact) mass is 397 g/mol. The molecule has 0 unspecified atom stereocenters. The standard InChI is InChI=1S/C22H23NO6/c1-5-7-16-10-15(11-19(27-3)21(16)29-13-20(24)25)12-23-18-9-6-8-17(14(18)2)22(26)28-4/h5-6,8-12H,1,7,13H2,2-4H3,(H,24,25). The molecule has 7 nitrogen and oxygen atoms in total. The number of allylic oxidation sites excluding steroid dienone is 1. The molecule has 0 aliphatic carbocycles. The van der Waals surface area contributed by atoms with Crippen LogP contribution < -0.4 is 9.47 Å². The highest BCUT2D eigenvalue weighted by Gasteiger charge is 2.14. The molecule has 0 aromatic heterocycles. The van der Waals surface area contributed by atoms with E-state index in [9.17, 15) is 9.59 Å². The van der Waals surface area contributed by atoms with Crippen molar-refractivity contribution in [3.8, 4) is 11.5 Å². The molecule has 0 aliphatic rings. The molecule has 0 saturated heterocycles. The van der Waals surface area contributed by atoms with Crippen molar-refractivity contribution in [2.45, 2.75) is 13.3 Å². The average Bonchev–Trinajstić information content (AvgIpc) is 2.71. The van der Waals surface area contributed by atoms with Crippen LogP contribution in [-0.4, -0.2) is 44.1 Å². The fraction of sp³-hybridized carbons (Fsp3) is 0.227. The van der Waals surface area contributed by atoms with Crippen molar-refractivity contribution >= 4 is 23.8 Å². The topological polar surface area (TPSA) is 94.4 Å². The molecule has 2 rings (SSSR count). The predicted octanol–water partition coefficient (Wildman–Crippen LogP) is 3.73. The van der Waals surface area contributed by atoms with E-state index in [-0.39, 0.29) is 0 Å². The minimum atomic E-state index is -1.08. The van der Waals surface area contributed by atoms with Gasteiger partial charge in [-0.15, -0.1) is 6.58 Å². The third kappa shape index (κ3) is 5.44. The maximum Gasteiger partial charge on any atom is 0.341 e. The lowest BCUT2D eigenvalue weighted by atomic mass is 10.1. The molecule has 0 fully saturated rings. The Balaban J connectivity index is 2.42. The van der Waals surface area contributed by atoms with Crippen molar-refractivity contribution in [2.24, 2.45) is 4.99 Å². The van der Waals surface area contributed by atoms with Crippen LogP contribution in [0.2, 0.25) is 0 Å². The molecule has 0 radical (unpaired) electrons. The second-order valence-corrected chi connectivity index (χ2v) is 6.09. The third-order valence-electron chi connectivity index (χ3n) is 4.14. The van der Waals surface area contributed by atoms with Gasteiger partial charge >= 0.3 is 11.9 Å². The summed E-state index contributed by atoms with van der Waals surface area (Å²) in [5.41, 5.74) is 3.23. The van der Waals surface area contributed by atoms with E-state index in [1.54, 1.807) is 43.5 Å². The molecule has 152 valence electrons. The zero-order valence-electron chi connectivity index (χ0n) is 16.6. The summed E-state index contributed by atoms with van der Waals surface area (Å²) in [7, 11) is 2.81. The molecule has 2 aromatic rings. The Morgan fingerprint density at radius 1 is 1.24 bits per heavy atom. The van der Waals surface area contributed by atoms with Gasteiger partial charge in [-0.25, -0.2) is 9.59 Å². The lowest BCUT2D eigenvalue weighted by molar-refractivity contribution is -0.139. The minimum absolute atomic E-state index is 0.357. The Morgan fingerprint density at radius 3 is 2.62 bits per heavy atom. The number of carbonyl (C=O) groups is 2. The minimum Gasteiger partial charge on any atom is -0.493 e. The molecule has 0 heterocycles. The highest BCUT2D eigenvalue weighted by molar-refractivity contribution is 5.93. The van der Waals surface area contributed by atoms with Gasteiger partial charge in [-0.05, 0) is 48.7 Å². The van der Waals surface area contributed by atoms with E-state index in [2.05, 4.69) is 11.6 Å². The van der Waals surface area contributed by atoms with E-state index >= 15 is 0 Å². The predicted molar refractivity (Wildman–Crippen MR) is 110 cm³/mol. The van der Waals surface area contributed by atoms with Crippen molar-refractivity contribution in [1.82, 2.24) is 0 Å². The summed E-state index contributed by atoms with van der Waals surface area (Å²) in [6.07, 6.45) is 3.79. The van der Waals surface area contributed by atoms with Crippen LogP contribution in [0.15, 0.2) is 48.0 Å². The van der Waals surface area contributed by atoms with Crippen LogP contribution in [0.1, 0.15) is 27.0 Å². The molecule has 0 amide bonds. The van der Waals surface area contributed by atoms with Gasteiger partial charge in [0, 0.05) is 11.8 Å². The molecular formula is C22H23NO6. The molecule has 0 spiro atoms. The van der Waals surface area contributed by atoms with E-state index in [0.717, 1.165) is 11.1 Å². The van der Waals surface area contributed by atoms with Gasteiger partial charge < -0.3 is 19.3 Å². The quantitative estimate of drug-likeness (QED) is 0.394. The summed E-state index contributed by atoms with van der Waals surface area (Å²) < 4.78 is 15.6. The maximum atomic E-state index is 11.9. The van der Waals surface area contributed by atoms with Crippen LogP contribution in [0.4, 0.5) is 5.69 Å². The number of rotatable bonds is 9. The Bertz CT molecular complexity index is 949. The number of hydrogen-bond donors (Lipinski definition) is 1. The van der Waals surface area contributed by atoms with E-state index in [4.69, 9.17) is 19.3 Å². The van der Waals surface area contributed by atoms with Gasteiger partial charge in [0.1, 0.15) is 0 Å². The Labute approximate surface area is 169 Å². The number of carboxylic acids is 1. The van der Waals surface area contributed by atoms with Gasteiger partial charge in [0.25, 0.3) is 0 Å². The normalized spacial score (nSPS) is 10.6. The molecule has 7 heteroatoms. The average molecular weight is 397 g/mol. The Morgan fingerprint density at radius 2 is 2.00 bits per heavy atom. The number of nitrogens with zero attached hydrogens (tertiary/aromatic N) is 1. The summed E-state index contributed by atoms with van der Waals surface area (Å²) in [6.45, 7) is 5.05. The molecule has 1 N–H and O–H groups in total. The molecule has 0 aliphatic heterocycles. The highest BCUT2D eigenvalue weighted by atomic mass is 16.5. The fourth-order valence-electron chi connectivity index (χ4n) is 2.75. The summed E-state index contributed by atoms with van der Waals surface area (Å²) in [5, 5.41) is 8.89. The number of esters is 1. The van der Waals surface area contributed by atoms with Gasteiger partial charge in [-0.3, -0.25) is 4.99 Å². The molecule has 0 atom stereocenters. The second-order valence-electron chi connectivity index (χ2n) is 6.09. The van der Waals surface area contributed by atoms with Crippen LogP contribution in [-0.2, 0) is 16.0 Å². The number of carbonyl (C=O) groups excluding carboxylic acids is 1. The first kappa shape index (κ1) is 21.7. The number of methoxy groups -OCH3 is 2. The summed E-state index contributed by atoms with van der Waals surface area (Å²) in [5.74, 6) is -0.750. The van der Waals surface area contributed by atoms with Crippen LogP contribution >= 0.6 is 0 Å². The molecule has 0 saturated carbocycles. The third-order valence-corrected chi connectivity index (χ3v) is 4.14. The Hall–Kier alpha value is -3.61. The molecule has 2 aromatic carbocycles. The van der Waals surface area contributed by atoms with Crippen molar-refractivity contribution < 1.29 is 28.9 Å². The number of aliphatic carboxylic acids is 1. The molecule has 29 heavy (non-hydrogen) atoms. The van der Waals surface area contributed by atoms with Crippen molar-refractivity contribution in [2.75, 3.05) is 20.8 Å². The van der Waals surface area contributed by atoms with E-state index < -0.39 is 18.5 Å². The van der Waals surface area contributed by atoms with Crippen LogP contribution in [0, 0.1) is 6.92 Å². The highest BCUT2D eigenvalue weighted by Crippen LogP contribution is 2.33. The second kappa shape index (κ2) is 10.1. The smallest absolute Gasteiger partial charge is 0.341 e. The lowest BCUT2D eigenvalue weighted by Crippen LogP contribution is -2.11. The fourth-order valence-corrected chi connectivity index (χ4v) is 2.75. The lowest BCUT2D eigenvalue weighted by Gasteiger charge is -2.14. The van der Waals surface area contributed by atoms with E-state index in [1.807, 2.05) is 6.07 Å². The van der Waals surface area contributed by atoms with Gasteiger partial charge in [-0.2, -0.15) is 0 Å². The zero-order chi connectivity index (χ0) is 21.4. The Kier molecular flexibility index (Phi) is 7.54. The maximum absolute atomic E-state index is 11.9. The number of ether oxygens (including phenoxy) is 3. The van der Waals surface area contributed by atoms with Gasteiger partial charge in [-0.1, -0.05) is 12.1 Å². The SMILES string of the molecule is C=CCc1cc(C=Nc2cccc(C(=O)OC)c2C)cc(OC)c1OCC(=O)O. The van der Waals surface area contributed by atoms with Crippen molar-refractivity contribution in [1.29, 1.82) is 0 Å². The van der Waals surface area contributed by atoms with Crippen LogP contribution in [0.3, 0.4) is 0 Å². The van der Waals surface area contributed by atoms with Crippen LogP contribution in [0.25, 0.3) is 0 Å². The van der Waals surface area contributed by atoms with Crippen molar-refractivity contribution in [3.63, 3.8) is 0 Å². The van der Waals surface area contributed by atoms with E-state index in [1.165, 1.54) is 14.2 Å². The van der Waals surface area contributed by atoms with Crippen LogP contribution in [0.5, 0.6) is 11.5 Å². The number of aliphatic imine (C=N–C) groups is 1. The first-order chi connectivity index (χ1) is 13.9. The number of benzene rings is 2. The molecular weight excluding hydrogens is 374 g/mol. The van der Waals surface area contributed by atoms with Gasteiger partial charge in [0.05, 0.1) is 25.5 Å². The molecule has 0 bridgehead atoms.